The van der Waals surface area contributed by atoms with E-state index >= 15 is 0 Å². The minimum atomic E-state index is -0.602. The summed E-state index contributed by atoms with van der Waals surface area (Å²) < 4.78 is 5.63. The summed E-state index contributed by atoms with van der Waals surface area (Å²) in [6.07, 6.45) is 3.44. The van der Waals surface area contributed by atoms with Crippen molar-refractivity contribution in [3.63, 3.8) is 0 Å². The number of hydrogen-bond acceptors (Lipinski definition) is 7. The van der Waals surface area contributed by atoms with Crippen molar-refractivity contribution in [2.75, 3.05) is 50.4 Å². The van der Waals surface area contributed by atoms with Gasteiger partial charge in [0.2, 0.25) is 11.8 Å². The minimum absolute atomic E-state index is 0.120. The van der Waals surface area contributed by atoms with Crippen LogP contribution in [0.25, 0.3) is 11.0 Å². The zero-order valence-corrected chi connectivity index (χ0v) is 22.1. The first kappa shape index (κ1) is 25.8. The van der Waals surface area contributed by atoms with E-state index in [0.29, 0.717) is 50.1 Å². The van der Waals surface area contributed by atoms with E-state index in [9.17, 15) is 19.2 Å². The molecule has 0 aliphatic carbocycles. The first-order valence-corrected chi connectivity index (χ1v) is 13.9. The van der Waals surface area contributed by atoms with Crippen LogP contribution in [-0.2, 0) is 16.1 Å². The fraction of sp³-hybridized carbons (Fsp3) is 0.357. The summed E-state index contributed by atoms with van der Waals surface area (Å²) in [5.41, 5.74) is 2.22. The number of nitrogens with one attached hydrogen (secondary N) is 1. The van der Waals surface area contributed by atoms with Crippen molar-refractivity contribution in [2.45, 2.75) is 24.3 Å². The Morgan fingerprint density at radius 3 is 2.53 bits per heavy atom. The Morgan fingerprint density at radius 2 is 1.79 bits per heavy atom. The molecular weight excluding hydrogens is 504 g/mol. The van der Waals surface area contributed by atoms with Gasteiger partial charge in [0.1, 0.15) is 5.58 Å². The molecule has 0 spiro atoms. The van der Waals surface area contributed by atoms with Gasteiger partial charge in [-0.2, -0.15) is 0 Å². The number of rotatable bonds is 7. The van der Waals surface area contributed by atoms with Crippen LogP contribution in [0.1, 0.15) is 29.0 Å². The van der Waals surface area contributed by atoms with E-state index in [1.807, 2.05) is 29.4 Å². The number of hydrogen-bond donors (Lipinski definition) is 1. The quantitative estimate of drug-likeness (QED) is 0.465. The third kappa shape index (κ3) is 5.55. The highest BCUT2D eigenvalue weighted by Crippen LogP contribution is 2.25. The summed E-state index contributed by atoms with van der Waals surface area (Å²) in [7, 11) is 0. The van der Waals surface area contributed by atoms with Gasteiger partial charge in [-0.1, -0.05) is 18.2 Å². The highest BCUT2D eigenvalue weighted by molar-refractivity contribution is 7.98. The van der Waals surface area contributed by atoms with Crippen molar-refractivity contribution in [3.05, 3.63) is 70.1 Å². The molecule has 2 aliphatic heterocycles. The van der Waals surface area contributed by atoms with Gasteiger partial charge in [-0.25, -0.2) is 0 Å². The molecule has 3 heterocycles. The molecule has 2 aliphatic rings. The summed E-state index contributed by atoms with van der Waals surface area (Å²) in [6, 6.07) is 14.5. The number of fused-ring (bicyclic) bond motifs is 1. The molecule has 0 unspecified atom stereocenters. The molecule has 2 fully saturated rings. The lowest BCUT2D eigenvalue weighted by Gasteiger charge is -2.37. The number of nitrogens with zero attached hydrogens (tertiary/aromatic N) is 3. The van der Waals surface area contributed by atoms with Crippen LogP contribution in [0.5, 0.6) is 0 Å². The van der Waals surface area contributed by atoms with Crippen molar-refractivity contribution in [3.8, 4) is 0 Å². The lowest BCUT2D eigenvalue weighted by Crippen LogP contribution is -2.51. The van der Waals surface area contributed by atoms with Crippen LogP contribution in [0.2, 0.25) is 0 Å². The van der Waals surface area contributed by atoms with Crippen LogP contribution < -0.4 is 15.6 Å². The van der Waals surface area contributed by atoms with Crippen molar-refractivity contribution in [1.29, 1.82) is 0 Å². The SMILES string of the molecule is CSc1ccc2oc(C(=O)NCC(=O)N3CCN(c4ccccc4CN4CCCC4=O)CC3)cc(=O)c2c1. The Labute approximate surface area is 224 Å². The van der Waals surface area contributed by atoms with E-state index in [4.69, 9.17) is 4.42 Å². The summed E-state index contributed by atoms with van der Waals surface area (Å²) in [5.74, 6) is -0.716. The number of carbonyl (C=O) groups excluding carboxylic acids is 3. The zero-order valence-electron chi connectivity index (χ0n) is 21.3. The maximum Gasteiger partial charge on any atom is 0.287 e. The third-order valence-corrected chi connectivity index (χ3v) is 7.78. The molecule has 1 aromatic heterocycles. The Bertz CT molecular complexity index is 1430. The van der Waals surface area contributed by atoms with Crippen LogP contribution in [-0.4, -0.2) is 73.0 Å². The van der Waals surface area contributed by atoms with Gasteiger partial charge in [-0.15, -0.1) is 11.8 Å². The van der Waals surface area contributed by atoms with Gasteiger partial charge in [-0.05, 0) is 42.5 Å². The van der Waals surface area contributed by atoms with Crippen molar-refractivity contribution < 1.29 is 18.8 Å². The molecule has 2 saturated heterocycles. The predicted octanol–water partition coefficient (Wildman–Crippen LogP) is 2.72. The van der Waals surface area contributed by atoms with Crippen LogP contribution in [0.4, 0.5) is 5.69 Å². The Balaban J connectivity index is 1.16. The summed E-state index contributed by atoms with van der Waals surface area (Å²) in [5, 5.41) is 3.00. The average Bonchev–Trinajstić information content (AvgIpc) is 3.35. The number of amides is 3. The Kier molecular flexibility index (Phi) is 7.69. The van der Waals surface area contributed by atoms with E-state index in [2.05, 4.69) is 22.3 Å². The van der Waals surface area contributed by atoms with Gasteiger partial charge in [0.05, 0.1) is 11.9 Å². The number of thioether (sulfide) groups is 1. The van der Waals surface area contributed by atoms with Gasteiger partial charge >= 0.3 is 0 Å². The van der Waals surface area contributed by atoms with E-state index in [-0.39, 0.29) is 29.5 Å². The second-order valence-corrected chi connectivity index (χ2v) is 10.3. The largest absolute Gasteiger partial charge is 0.451 e. The smallest absolute Gasteiger partial charge is 0.287 e. The van der Waals surface area contributed by atoms with E-state index in [1.54, 1.807) is 17.0 Å². The first-order valence-electron chi connectivity index (χ1n) is 12.7. The Morgan fingerprint density at radius 1 is 1.00 bits per heavy atom. The lowest BCUT2D eigenvalue weighted by molar-refractivity contribution is -0.130. The van der Waals surface area contributed by atoms with Gasteiger partial charge in [-0.3, -0.25) is 19.2 Å². The normalized spacial score (nSPS) is 15.8. The highest BCUT2D eigenvalue weighted by atomic mass is 32.2. The van der Waals surface area contributed by atoms with Gasteiger partial charge < -0.3 is 24.4 Å². The van der Waals surface area contributed by atoms with E-state index < -0.39 is 5.91 Å². The molecular formula is C28H30N4O5S. The fourth-order valence-corrected chi connectivity index (χ4v) is 5.40. The second-order valence-electron chi connectivity index (χ2n) is 9.44. The molecule has 9 nitrogen and oxygen atoms in total. The van der Waals surface area contributed by atoms with E-state index in [1.165, 1.54) is 11.8 Å². The number of carbonyl (C=O) groups is 3. The number of piperazine rings is 1. The van der Waals surface area contributed by atoms with Crippen molar-refractivity contribution >= 4 is 46.1 Å². The maximum atomic E-state index is 12.8. The molecule has 3 amide bonds. The van der Waals surface area contributed by atoms with Crippen LogP contribution in [0.15, 0.2) is 62.6 Å². The average molecular weight is 535 g/mol. The molecule has 2 aromatic carbocycles. The predicted molar refractivity (Wildman–Crippen MR) is 146 cm³/mol. The molecule has 10 heteroatoms. The number of para-hydroxylation sites is 1. The lowest BCUT2D eigenvalue weighted by atomic mass is 10.1. The van der Waals surface area contributed by atoms with Crippen molar-refractivity contribution in [1.82, 2.24) is 15.1 Å². The maximum absolute atomic E-state index is 12.8. The molecule has 0 bridgehead atoms. The molecule has 0 saturated carbocycles. The summed E-state index contributed by atoms with van der Waals surface area (Å²) in [4.78, 5) is 56.8. The number of benzene rings is 2. The van der Waals surface area contributed by atoms with Crippen LogP contribution in [0.3, 0.4) is 0 Å². The van der Waals surface area contributed by atoms with Crippen LogP contribution >= 0.6 is 11.8 Å². The fourth-order valence-electron chi connectivity index (χ4n) is 4.96. The summed E-state index contributed by atoms with van der Waals surface area (Å²) in [6.45, 7) is 3.57. The number of likely N-dealkylation sites (tertiary alicyclic amines) is 1. The molecule has 38 heavy (non-hydrogen) atoms. The molecule has 0 atom stereocenters. The monoisotopic (exact) mass is 534 g/mol. The van der Waals surface area contributed by atoms with Gasteiger partial charge in [0, 0.05) is 62.3 Å². The summed E-state index contributed by atoms with van der Waals surface area (Å²) >= 11 is 1.51. The standard InChI is InChI=1S/C28H30N4O5S/c1-38-20-8-9-24-21(15-20)23(33)16-25(37-24)28(36)29-17-27(35)31-13-11-30(12-14-31)22-6-3-2-5-19(22)18-32-10-4-7-26(32)34/h2-3,5-6,8-9,15-16H,4,7,10-14,17-18H2,1H3,(H,29,36). The van der Waals surface area contributed by atoms with E-state index in [0.717, 1.165) is 35.2 Å². The van der Waals surface area contributed by atoms with Crippen LogP contribution in [0, 0.1) is 0 Å². The molecule has 3 aromatic rings. The number of anilines is 1. The van der Waals surface area contributed by atoms with Gasteiger partial charge in [0.25, 0.3) is 5.91 Å². The van der Waals surface area contributed by atoms with Crippen molar-refractivity contribution in [2.24, 2.45) is 0 Å². The minimum Gasteiger partial charge on any atom is -0.451 e. The van der Waals surface area contributed by atoms with Gasteiger partial charge in [0.15, 0.2) is 11.2 Å². The topological polar surface area (TPSA) is 103 Å². The Hall–Kier alpha value is -3.79. The second kappa shape index (κ2) is 11.3. The first-order chi connectivity index (χ1) is 18.4. The highest BCUT2D eigenvalue weighted by Gasteiger charge is 2.25. The molecule has 5 rings (SSSR count). The molecule has 1 N–H and O–H groups in total. The molecule has 0 radical (unpaired) electrons. The third-order valence-electron chi connectivity index (χ3n) is 7.06. The molecule has 198 valence electrons. The zero-order chi connectivity index (χ0) is 26.6.